The van der Waals surface area contributed by atoms with Gasteiger partial charge in [-0.3, -0.25) is 14.3 Å². The van der Waals surface area contributed by atoms with Gasteiger partial charge in [0.1, 0.15) is 5.52 Å². The van der Waals surface area contributed by atoms with Crippen molar-refractivity contribution in [1.82, 2.24) is 9.71 Å². The maximum Gasteiger partial charge on any atom is 0.277 e. The molecular weight excluding hydrogens is 326 g/mol. The summed E-state index contributed by atoms with van der Waals surface area (Å²) in [7, 11) is 0. The summed E-state index contributed by atoms with van der Waals surface area (Å²) in [6, 6.07) is 16.5. The summed E-state index contributed by atoms with van der Waals surface area (Å²) in [4.78, 5) is 27.8. The number of nitrogens with zero attached hydrogens (tertiary/aromatic N) is 1. The number of amides is 2. The first-order chi connectivity index (χ1) is 11.7. The molecule has 1 heterocycles. The first-order valence-corrected chi connectivity index (χ1v) is 8.18. The highest BCUT2D eigenvalue weighted by Crippen LogP contribution is 2.21. The number of hydrogen-bond donors (Lipinski definition) is 2. The smallest absolute Gasteiger partial charge is 0.277 e. The van der Waals surface area contributed by atoms with Gasteiger partial charge in [-0.05, 0) is 24.3 Å². The molecular formula is C17H15N3O3S. The zero-order chi connectivity index (χ0) is 16.8. The number of para-hydroxylation sites is 3. The van der Waals surface area contributed by atoms with E-state index in [0.29, 0.717) is 16.5 Å². The van der Waals surface area contributed by atoms with Crippen LogP contribution < -0.4 is 10.0 Å². The summed E-state index contributed by atoms with van der Waals surface area (Å²) >= 11 is 1.00. The number of carbonyl (C=O) groups is 2. The number of rotatable bonds is 6. The second-order valence-electron chi connectivity index (χ2n) is 4.99. The molecule has 2 aromatic carbocycles. The van der Waals surface area contributed by atoms with Crippen molar-refractivity contribution < 1.29 is 14.0 Å². The number of fused-ring (bicyclic) bond motifs is 1. The van der Waals surface area contributed by atoms with Crippen LogP contribution in [0.4, 0.5) is 5.69 Å². The van der Waals surface area contributed by atoms with Gasteiger partial charge in [-0.2, -0.15) is 0 Å². The SMILES string of the molecule is O=C(CCC(=O)Nc1ccccc1)NSc1nc2ccccc2o1. The normalized spacial score (nSPS) is 10.5. The molecule has 24 heavy (non-hydrogen) atoms. The highest BCUT2D eigenvalue weighted by atomic mass is 32.2. The summed E-state index contributed by atoms with van der Waals surface area (Å²) in [5, 5.41) is 3.09. The van der Waals surface area contributed by atoms with E-state index in [1.165, 1.54) is 0 Å². The second-order valence-corrected chi connectivity index (χ2v) is 5.75. The van der Waals surface area contributed by atoms with E-state index in [4.69, 9.17) is 4.42 Å². The summed E-state index contributed by atoms with van der Waals surface area (Å²) in [6.07, 6.45) is 0.195. The Balaban J connectivity index is 1.43. The first-order valence-electron chi connectivity index (χ1n) is 7.37. The molecule has 0 aliphatic rings. The minimum atomic E-state index is -0.259. The zero-order valence-corrected chi connectivity index (χ0v) is 13.5. The molecule has 0 bridgehead atoms. The molecule has 2 N–H and O–H groups in total. The molecule has 1 aromatic heterocycles. The van der Waals surface area contributed by atoms with Crippen molar-refractivity contribution in [2.75, 3.05) is 5.32 Å². The Morgan fingerprint density at radius 2 is 1.67 bits per heavy atom. The van der Waals surface area contributed by atoms with Crippen LogP contribution in [0.25, 0.3) is 11.1 Å². The Bertz CT molecular complexity index is 815. The number of aromatic nitrogens is 1. The number of oxazole rings is 1. The molecule has 6 nitrogen and oxygen atoms in total. The predicted molar refractivity (Wildman–Crippen MR) is 92.3 cm³/mol. The van der Waals surface area contributed by atoms with Gasteiger partial charge in [-0.25, -0.2) is 4.98 Å². The first kappa shape index (κ1) is 16.1. The Kier molecular flexibility index (Phi) is 5.12. The number of hydrogen-bond acceptors (Lipinski definition) is 5. The minimum absolute atomic E-state index is 0.0892. The fraction of sp³-hybridized carbons (Fsp3) is 0.118. The Labute approximate surface area is 142 Å². The molecule has 0 saturated carbocycles. The lowest BCUT2D eigenvalue weighted by molar-refractivity contribution is -0.123. The molecule has 0 atom stereocenters. The molecule has 3 rings (SSSR count). The van der Waals surface area contributed by atoms with Gasteiger partial charge in [0.15, 0.2) is 5.58 Å². The monoisotopic (exact) mass is 341 g/mol. The van der Waals surface area contributed by atoms with Gasteiger partial charge in [-0.1, -0.05) is 30.3 Å². The van der Waals surface area contributed by atoms with E-state index in [-0.39, 0.29) is 24.7 Å². The van der Waals surface area contributed by atoms with Crippen LogP contribution in [0.5, 0.6) is 0 Å². The van der Waals surface area contributed by atoms with Crippen LogP contribution >= 0.6 is 11.9 Å². The lowest BCUT2D eigenvalue weighted by atomic mass is 10.2. The fourth-order valence-corrected chi connectivity index (χ4v) is 2.60. The van der Waals surface area contributed by atoms with E-state index in [9.17, 15) is 9.59 Å². The molecule has 0 saturated heterocycles. The van der Waals surface area contributed by atoms with Gasteiger partial charge < -0.3 is 9.73 Å². The average molecular weight is 341 g/mol. The van der Waals surface area contributed by atoms with Crippen molar-refractivity contribution in [3.05, 3.63) is 54.6 Å². The van der Waals surface area contributed by atoms with E-state index in [0.717, 1.165) is 17.5 Å². The predicted octanol–water partition coefficient (Wildman–Crippen LogP) is 3.37. The molecule has 0 radical (unpaired) electrons. The van der Waals surface area contributed by atoms with Crippen LogP contribution in [0, 0.1) is 0 Å². The second kappa shape index (κ2) is 7.65. The highest BCUT2D eigenvalue weighted by Gasteiger charge is 2.10. The van der Waals surface area contributed by atoms with E-state index in [1.54, 1.807) is 12.1 Å². The van der Waals surface area contributed by atoms with Gasteiger partial charge in [0, 0.05) is 30.5 Å². The molecule has 2 amide bonds. The van der Waals surface area contributed by atoms with Gasteiger partial charge in [-0.15, -0.1) is 0 Å². The van der Waals surface area contributed by atoms with E-state index >= 15 is 0 Å². The molecule has 0 spiro atoms. The van der Waals surface area contributed by atoms with Crippen LogP contribution in [0.2, 0.25) is 0 Å². The van der Waals surface area contributed by atoms with Crippen LogP contribution in [0.3, 0.4) is 0 Å². The van der Waals surface area contributed by atoms with Gasteiger partial charge >= 0.3 is 0 Å². The molecule has 0 aliphatic heterocycles. The Morgan fingerprint density at radius 3 is 2.46 bits per heavy atom. The quantitative estimate of drug-likeness (QED) is 0.672. The van der Waals surface area contributed by atoms with Gasteiger partial charge in [0.25, 0.3) is 5.22 Å². The van der Waals surface area contributed by atoms with Crippen LogP contribution in [-0.4, -0.2) is 16.8 Å². The van der Waals surface area contributed by atoms with Crippen molar-refractivity contribution in [3.63, 3.8) is 0 Å². The Morgan fingerprint density at radius 1 is 0.958 bits per heavy atom. The lowest BCUT2D eigenvalue weighted by Crippen LogP contribution is -2.19. The van der Waals surface area contributed by atoms with Crippen LogP contribution in [-0.2, 0) is 9.59 Å². The molecule has 122 valence electrons. The fourth-order valence-electron chi connectivity index (χ4n) is 2.02. The lowest BCUT2D eigenvalue weighted by Gasteiger charge is -2.04. The van der Waals surface area contributed by atoms with Crippen molar-refractivity contribution in [2.24, 2.45) is 0 Å². The molecule has 0 fully saturated rings. The van der Waals surface area contributed by atoms with E-state index in [1.807, 2.05) is 42.5 Å². The summed E-state index contributed by atoms with van der Waals surface area (Å²) < 4.78 is 8.10. The van der Waals surface area contributed by atoms with Crippen molar-refractivity contribution >= 4 is 40.5 Å². The minimum Gasteiger partial charge on any atom is -0.430 e. The maximum absolute atomic E-state index is 11.8. The van der Waals surface area contributed by atoms with Gasteiger partial charge in [0.2, 0.25) is 11.8 Å². The average Bonchev–Trinajstić information content (AvgIpc) is 3.02. The Hall–Kier alpha value is -2.80. The maximum atomic E-state index is 11.8. The van der Waals surface area contributed by atoms with Crippen molar-refractivity contribution in [2.45, 2.75) is 18.1 Å². The standard InChI is InChI=1S/C17H15N3O3S/c21-15(18-12-6-2-1-3-7-12)10-11-16(22)20-24-17-19-13-8-4-5-9-14(13)23-17/h1-9H,10-11H2,(H,18,21)(H,20,22). The molecule has 0 aliphatic carbocycles. The molecule has 7 heteroatoms. The number of carbonyl (C=O) groups excluding carboxylic acids is 2. The van der Waals surface area contributed by atoms with Crippen molar-refractivity contribution in [1.29, 1.82) is 0 Å². The zero-order valence-electron chi connectivity index (χ0n) is 12.7. The summed E-state index contributed by atoms with van der Waals surface area (Å²) in [5.74, 6) is -0.464. The molecule has 3 aromatic rings. The number of nitrogens with one attached hydrogen (secondary N) is 2. The van der Waals surface area contributed by atoms with Crippen molar-refractivity contribution in [3.8, 4) is 0 Å². The topological polar surface area (TPSA) is 84.2 Å². The van der Waals surface area contributed by atoms with E-state index in [2.05, 4.69) is 15.0 Å². The summed E-state index contributed by atoms with van der Waals surface area (Å²) in [6.45, 7) is 0. The van der Waals surface area contributed by atoms with E-state index < -0.39 is 0 Å². The highest BCUT2D eigenvalue weighted by molar-refractivity contribution is 7.97. The largest absolute Gasteiger partial charge is 0.430 e. The van der Waals surface area contributed by atoms with Gasteiger partial charge in [0.05, 0.1) is 0 Å². The number of benzene rings is 2. The van der Waals surface area contributed by atoms with Crippen LogP contribution in [0.1, 0.15) is 12.8 Å². The third kappa shape index (κ3) is 4.36. The third-order valence-electron chi connectivity index (χ3n) is 3.16. The molecule has 0 unspecified atom stereocenters. The third-order valence-corrected chi connectivity index (χ3v) is 3.84. The summed E-state index contributed by atoms with van der Waals surface area (Å²) in [5.41, 5.74) is 2.11. The number of anilines is 1. The van der Waals surface area contributed by atoms with Crippen LogP contribution in [0.15, 0.2) is 64.2 Å².